The summed E-state index contributed by atoms with van der Waals surface area (Å²) in [5, 5.41) is 2.66. The van der Waals surface area contributed by atoms with E-state index in [0.29, 0.717) is 22.6 Å². The summed E-state index contributed by atoms with van der Waals surface area (Å²) < 4.78 is 11.1. The molecule has 2 aromatic rings. The molecule has 39 heavy (non-hydrogen) atoms. The van der Waals surface area contributed by atoms with Crippen LogP contribution in [0.4, 0.5) is 10.6 Å². The predicted octanol–water partition coefficient (Wildman–Crippen LogP) is 5.57. The third kappa shape index (κ3) is 6.54. The number of benzene rings is 1. The Morgan fingerprint density at radius 1 is 0.949 bits per heavy atom. The van der Waals surface area contributed by atoms with Crippen LogP contribution in [0.15, 0.2) is 69.9 Å². The van der Waals surface area contributed by atoms with Gasteiger partial charge in [0.15, 0.2) is 6.04 Å². The molecule has 1 aromatic heterocycles. The van der Waals surface area contributed by atoms with Crippen LogP contribution < -0.4 is 5.32 Å². The first-order valence-corrected chi connectivity index (χ1v) is 12.6. The quantitative estimate of drug-likeness (QED) is 0.400. The van der Waals surface area contributed by atoms with E-state index in [2.05, 4.69) is 15.3 Å². The Labute approximate surface area is 227 Å². The molecule has 9 heteroatoms. The van der Waals surface area contributed by atoms with Crippen LogP contribution in [-0.4, -0.2) is 52.0 Å². The van der Waals surface area contributed by atoms with Crippen molar-refractivity contribution in [1.29, 1.82) is 0 Å². The van der Waals surface area contributed by atoms with Crippen molar-refractivity contribution in [2.24, 2.45) is 9.98 Å². The van der Waals surface area contributed by atoms with Crippen LogP contribution >= 0.6 is 0 Å². The number of ether oxygens (including phenoxy) is 2. The number of aliphatic imine (C=N–C) groups is 2. The lowest BCUT2D eigenvalue weighted by atomic mass is 9.85. The number of carbonyl (C=O) groups is 3. The molecule has 0 saturated carbocycles. The van der Waals surface area contributed by atoms with Crippen LogP contribution in [0.5, 0.6) is 0 Å². The average Bonchev–Trinajstić information content (AvgIpc) is 3.21. The monoisotopic (exact) mass is 528 g/mol. The van der Waals surface area contributed by atoms with Gasteiger partial charge in [-0.1, -0.05) is 24.3 Å². The molecule has 2 aliphatic heterocycles. The van der Waals surface area contributed by atoms with E-state index in [9.17, 15) is 14.4 Å². The Bertz CT molecular complexity index is 1450. The van der Waals surface area contributed by atoms with E-state index >= 15 is 0 Å². The zero-order valence-electron chi connectivity index (χ0n) is 23.2. The molecule has 0 spiro atoms. The van der Waals surface area contributed by atoms with Crippen LogP contribution in [0.1, 0.15) is 70.0 Å². The number of pyridine rings is 1. The first-order chi connectivity index (χ1) is 18.2. The fourth-order valence-corrected chi connectivity index (χ4v) is 4.17. The summed E-state index contributed by atoms with van der Waals surface area (Å²) in [6, 6.07) is 9.53. The topological polar surface area (TPSA) is 119 Å². The van der Waals surface area contributed by atoms with E-state index in [1.54, 1.807) is 72.0 Å². The molecule has 1 aromatic carbocycles. The van der Waals surface area contributed by atoms with E-state index < -0.39 is 29.3 Å². The normalized spacial score (nSPS) is 17.0. The standard InChI is InChI=1S/C30H32N4O5/c1-17-14-21-23(19-10-8-18(16-35)9-11-19)24(34-26(25(21)32-17)27(36)38-29(2,3)4)20-12-13-31-22(15-20)33-28(37)39-30(5,6)7/h8-16,26H,1-7H3,(H,31,33,37). The summed E-state index contributed by atoms with van der Waals surface area (Å²) in [6.07, 6.45) is 3.59. The number of hydrogen-bond donors (Lipinski definition) is 1. The second kappa shape index (κ2) is 10.4. The maximum atomic E-state index is 13.3. The Kier molecular flexibility index (Phi) is 7.37. The largest absolute Gasteiger partial charge is 0.458 e. The molecule has 1 unspecified atom stereocenters. The van der Waals surface area contributed by atoms with Gasteiger partial charge in [-0.3, -0.25) is 20.1 Å². The minimum Gasteiger partial charge on any atom is -0.458 e. The number of nitrogens with zero attached hydrogens (tertiary/aromatic N) is 3. The highest BCUT2D eigenvalue weighted by atomic mass is 16.6. The molecule has 1 N–H and O–H groups in total. The van der Waals surface area contributed by atoms with Crippen molar-refractivity contribution < 1.29 is 23.9 Å². The van der Waals surface area contributed by atoms with Gasteiger partial charge in [-0.15, -0.1) is 0 Å². The van der Waals surface area contributed by atoms with Gasteiger partial charge >= 0.3 is 12.1 Å². The van der Waals surface area contributed by atoms with Crippen LogP contribution in [0.2, 0.25) is 0 Å². The lowest BCUT2D eigenvalue weighted by Crippen LogP contribution is -2.39. The number of aromatic nitrogens is 1. The number of rotatable bonds is 5. The first kappa shape index (κ1) is 27.6. The van der Waals surface area contributed by atoms with E-state index in [4.69, 9.17) is 14.5 Å². The van der Waals surface area contributed by atoms with Gasteiger partial charge < -0.3 is 9.47 Å². The van der Waals surface area contributed by atoms with E-state index in [0.717, 1.165) is 28.7 Å². The van der Waals surface area contributed by atoms with E-state index in [-0.39, 0.29) is 5.82 Å². The number of anilines is 1. The highest BCUT2D eigenvalue weighted by Crippen LogP contribution is 2.36. The Balaban J connectivity index is 1.85. The molecule has 3 heterocycles. The summed E-state index contributed by atoms with van der Waals surface area (Å²) >= 11 is 0. The fraction of sp³-hybridized carbons (Fsp3) is 0.333. The van der Waals surface area contributed by atoms with Crippen molar-refractivity contribution >= 4 is 41.2 Å². The first-order valence-electron chi connectivity index (χ1n) is 12.6. The van der Waals surface area contributed by atoms with E-state index in [1.165, 1.54) is 0 Å². The molecule has 2 aliphatic rings. The smallest absolute Gasteiger partial charge is 0.413 e. The Morgan fingerprint density at radius 3 is 2.23 bits per heavy atom. The number of carbonyl (C=O) groups excluding carboxylic acids is 3. The molecule has 0 saturated heterocycles. The zero-order chi connectivity index (χ0) is 28.5. The third-order valence-electron chi connectivity index (χ3n) is 5.58. The number of nitrogens with one attached hydrogen (secondary N) is 1. The highest BCUT2D eigenvalue weighted by Gasteiger charge is 2.39. The van der Waals surface area contributed by atoms with Gasteiger partial charge in [0.25, 0.3) is 0 Å². The minimum absolute atomic E-state index is 0.261. The number of fused-ring (bicyclic) bond motifs is 1. The lowest BCUT2D eigenvalue weighted by Gasteiger charge is -2.27. The molecular formula is C30H32N4O5. The van der Waals surface area contributed by atoms with Gasteiger partial charge in [-0.25, -0.2) is 14.6 Å². The van der Waals surface area contributed by atoms with Crippen molar-refractivity contribution in [3.8, 4) is 0 Å². The van der Waals surface area contributed by atoms with Gasteiger partial charge in [0.2, 0.25) is 0 Å². The SMILES string of the molecule is CC1=CC2=C(c3ccc(C=O)cc3)C(c3ccnc(NC(=O)OC(C)(C)C)c3)=NC(C(=O)OC(C)(C)C)C2=N1. The number of esters is 1. The maximum Gasteiger partial charge on any atom is 0.413 e. The van der Waals surface area contributed by atoms with Crippen molar-refractivity contribution in [3.63, 3.8) is 0 Å². The van der Waals surface area contributed by atoms with Crippen LogP contribution in [0.25, 0.3) is 5.57 Å². The number of allylic oxidation sites excluding steroid dienone is 3. The molecule has 4 rings (SSSR count). The lowest BCUT2D eigenvalue weighted by molar-refractivity contribution is -0.154. The fourth-order valence-electron chi connectivity index (χ4n) is 4.17. The molecule has 1 amide bonds. The molecular weight excluding hydrogens is 496 g/mol. The second-order valence-corrected chi connectivity index (χ2v) is 11.3. The summed E-state index contributed by atoms with van der Waals surface area (Å²) in [5.74, 6) is -0.257. The van der Waals surface area contributed by atoms with Crippen molar-refractivity contribution in [2.45, 2.75) is 65.7 Å². The molecule has 1 atom stereocenters. The molecule has 0 fully saturated rings. The molecule has 0 bridgehead atoms. The van der Waals surface area contributed by atoms with Gasteiger partial charge in [0, 0.05) is 34.2 Å². The van der Waals surface area contributed by atoms with Crippen LogP contribution in [0.3, 0.4) is 0 Å². The van der Waals surface area contributed by atoms with Gasteiger partial charge in [-0.2, -0.15) is 0 Å². The zero-order valence-corrected chi connectivity index (χ0v) is 23.2. The van der Waals surface area contributed by atoms with Gasteiger partial charge in [-0.05, 0) is 72.2 Å². The highest BCUT2D eigenvalue weighted by molar-refractivity contribution is 6.41. The van der Waals surface area contributed by atoms with Crippen molar-refractivity contribution in [3.05, 3.63) is 76.6 Å². The van der Waals surface area contributed by atoms with Crippen molar-refractivity contribution in [1.82, 2.24) is 4.98 Å². The van der Waals surface area contributed by atoms with Crippen LogP contribution in [-0.2, 0) is 14.3 Å². The van der Waals surface area contributed by atoms with Gasteiger partial charge in [0.05, 0.1) is 11.4 Å². The summed E-state index contributed by atoms with van der Waals surface area (Å²) in [4.78, 5) is 50.8. The van der Waals surface area contributed by atoms with Gasteiger partial charge in [0.1, 0.15) is 23.3 Å². The number of aldehydes is 1. The Morgan fingerprint density at radius 2 is 1.62 bits per heavy atom. The number of hydrogen-bond acceptors (Lipinski definition) is 8. The maximum absolute atomic E-state index is 13.3. The average molecular weight is 529 g/mol. The third-order valence-corrected chi connectivity index (χ3v) is 5.58. The van der Waals surface area contributed by atoms with Crippen molar-refractivity contribution in [2.75, 3.05) is 5.32 Å². The minimum atomic E-state index is -0.989. The summed E-state index contributed by atoms with van der Waals surface area (Å²) in [7, 11) is 0. The summed E-state index contributed by atoms with van der Waals surface area (Å²) in [5.41, 5.74) is 3.74. The van der Waals surface area contributed by atoms with E-state index in [1.807, 2.05) is 25.1 Å². The van der Waals surface area contributed by atoms with Crippen LogP contribution in [0, 0.1) is 0 Å². The second-order valence-electron chi connectivity index (χ2n) is 11.3. The number of dihydropyridines is 1. The molecule has 0 aliphatic carbocycles. The Hall–Kier alpha value is -4.40. The molecule has 0 radical (unpaired) electrons. The molecule has 202 valence electrons. The molecule has 9 nitrogen and oxygen atoms in total. The number of amides is 1. The predicted molar refractivity (Wildman–Crippen MR) is 150 cm³/mol. The summed E-state index contributed by atoms with van der Waals surface area (Å²) in [6.45, 7) is 12.6.